The third-order valence-electron chi connectivity index (χ3n) is 4.74. The lowest BCUT2D eigenvalue weighted by Crippen LogP contribution is -2.10. The van der Waals surface area contributed by atoms with Gasteiger partial charge in [-0.2, -0.15) is 10.2 Å². The standard InChI is InChI=1S/C21H19N3O2/c1-3-5-13-8-10-14(11-9-13)19-18-20(24-23-19)15-6-4-7-16(22-12(2)25)17(15)21(18)26/h4,6-11,20H,3,5H2,1-2H3,(H,22,25). The second-order valence-corrected chi connectivity index (χ2v) is 6.61. The fraction of sp³-hybridized carbons (Fsp3) is 0.238. The van der Waals surface area contributed by atoms with Gasteiger partial charge in [0.1, 0.15) is 11.7 Å². The number of anilines is 1. The van der Waals surface area contributed by atoms with Crippen LogP contribution in [-0.2, 0) is 11.2 Å². The van der Waals surface area contributed by atoms with Crippen LogP contribution in [0.15, 0.2) is 58.3 Å². The summed E-state index contributed by atoms with van der Waals surface area (Å²) in [6.07, 6.45) is 2.12. The van der Waals surface area contributed by atoms with Gasteiger partial charge in [0, 0.05) is 12.5 Å². The Morgan fingerprint density at radius 3 is 2.62 bits per heavy atom. The largest absolute Gasteiger partial charge is 0.326 e. The summed E-state index contributed by atoms with van der Waals surface area (Å²) in [5.74, 6) is -0.308. The molecule has 1 amide bonds. The van der Waals surface area contributed by atoms with Crippen LogP contribution in [0.2, 0.25) is 0 Å². The van der Waals surface area contributed by atoms with E-state index in [1.54, 1.807) is 6.07 Å². The summed E-state index contributed by atoms with van der Waals surface area (Å²) in [4.78, 5) is 24.6. The molecule has 130 valence electrons. The molecule has 0 bridgehead atoms. The number of rotatable bonds is 4. The average Bonchev–Trinajstić information content (AvgIpc) is 3.17. The highest BCUT2D eigenvalue weighted by atomic mass is 16.1. The number of fused-ring (bicyclic) bond motifs is 3. The SMILES string of the molecule is CCCc1ccc(C2=C3C(=O)c4c(NC(C)=O)cccc4C3N=N2)cc1. The molecule has 0 radical (unpaired) electrons. The van der Waals surface area contributed by atoms with Crippen LogP contribution >= 0.6 is 0 Å². The predicted octanol–water partition coefficient (Wildman–Crippen LogP) is 4.71. The molecule has 2 aromatic carbocycles. The number of nitrogens with zero attached hydrogens (tertiary/aromatic N) is 2. The number of benzene rings is 2. The normalized spacial score (nSPS) is 17.5. The molecule has 4 rings (SSSR count). The van der Waals surface area contributed by atoms with Gasteiger partial charge in [-0.25, -0.2) is 0 Å². The lowest BCUT2D eigenvalue weighted by Gasteiger charge is -2.08. The second kappa shape index (κ2) is 6.33. The number of hydrogen-bond acceptors (Lipinski definition) is 4. The van der Waals surface area contributed by atoms with Crippen molar-refractivity contribution in [1.82, 2.24) is 0 Å². The molecular weight excluding hydrogens is 326 g/mol. The summed E-state index contributed by atoms with van der Waals surface area (Å²) in [7, 11) is 0. The van der Waals surface area contributed by atoms with Gasteiger partial charge in [0.2, 0.25) is 5.91 Å². The van der Waals surface area contributed by atoms with Crippen molar-refractivity contribution in [2.24, 2.45) is 10.2 Å². The highest BCUT2D eigenvalue weighted by Gasteiger charge is 2.42. The molecule has 0 saturated heterocycles. The van der Waals surface area contributed by atoms with Crippen molar-refractivity contribution in [3.05, 3.63) is 70.3 Å². The van der Waals surface area contributed by atoms with Gasteiger partial charge in [-0.15, -0.1) is 0 Å². The van der Waals surface area contributed by atoms with Crippen LogP contribution in [0.25, 0.3) is 5.70 Å². The molecule has 5 nitrogen and oxygen atoms in total. The van der Waals surface area contributed by atoms with E-state index in [1.165, 1.54) is 12.5 Å². The summed E-state index contributed by atoms with van der Waals surface area (Å²) in [5.41, 5.74) is 5.26. The molecule has 26 heavy (non-hydrogen) atoms. The number of nitrogens with one attached hydrogen (secondary N) is 1. The van der Waals surface area contributed by atoms with Crippen molar-refractivity contribution in [1.29, 1.82) is 0 Å². The first-order valence-electron chi connectivity index (χ1n) is 8.79. The van der Waals surface area contributed by atoms with Crippen LogP contribution in [0.5, 0.6) is 0 Å². The fourth-order valence-electron chi connectivity index (χ4n) is 3.62. The number of amides is 1. The van der Waals surface area contributed by atoms with Crippen LogP contribution < -0.4 is 5.32 Å². The first kappa shape index (κ1) is 16.4. The molecule has 0 fully saturated rings. The van der Waals surface area contributed by atoms with Crippen molar-refractivity contribution in [3.8, 4) is 0 Å². The number of carbonyl (C=O) groups excluding carboxylic acids is 2. The van der Waals surface area contributed by atoms with Gasteiger partial charge in [0.15, 0.2) is 5.78 Å². The van der Waals surface area contributed by atoms with Crippen LogP contribution in [-0.4, -0.2) is 11.7 Å². The monoisotopic (exact) mass is 345 g/mol. The van der Waals surface area contributed by atoms with Gasteiger partial charge in [-0.1, -0.05) is 49.7 Å². The van der Waals surface area contributed by atoms with E-state index < -0.39 is 0 Å². The van der Waals surface area contributed by atoms with E-state index in [-0.39, 0.29) is 17.7 Å². The van der Waals surface area contributed by atoms with E-state index in [0.29, 0.717) is 22.5 Å². The van der Waals surface area contributed by atoms with E-state index in [1.807, 2.05) is 24.3 Å². The van der Waals surface area contributed by atoms with E-state index >= 15 is 0 Å². The molecule has 1 aliphatic carbocycles. The number of azo groups is 1. The fourth-order valence-corrected chi connectivity index (χ4v) is 3.62. The van der Waals surface area contributed by atoms with E-state index in [2.05, 4.69) is 34.6 Å². The number of ketones is 1. The maximum absolute atomic E-state index is 13.1. The zero-order valence-electron chi connectivity index (χ0n) is 14.7. The van der Waals surface area contributed by atoms with Crippen molar-refractivity contribution >= 4 is 23.1 Å². The first-order chi connectivity index (χ1) is 12.6. The Balaban J connectivity index is 1.77. The Labute approximate surface area is 151 Å². The maximum Gasteiger partial charge on any atom is 0.221 e. The average molecular weight is 345 g/mol. The number of carbonyl (C=O) groups is 2. The van der Waals surface area contributed by atoms with E-state index in [9.17, 15) is 9.59 Å². The van der Waals surface area contributed by atoms with Gasteiger partial charge < -0.3 is 5.32 Å². The van der Waals surface area contributed by atoms with E-state index in [0.717, 1.165) is 24.0 Å². The van der Waals surface area contributed by atoms with Crippen LogP contribution in [0.4, 0.5) is 5.69 Å². The Kier molecular flexibility index (Phi) is 3.99. The number of aryl methyl sites for hydroxylation is 1. The zero-order valence-corrected chi connectivity index (χ0v) is 14.7. The third-order valence-corrected chi connectivity index (χ3v) is 4.74. The maximum atomic E-state index is 13.1. The van der Waals surface area contributed by atoms with Crippen molar-refractivity contribution in [2.75, 3.05) is 5.32 Å². The van der Waals surface area contributed by atoms with E-state index in [4.69, 9.17) is 0 Å². The molecule has 0 aromatic heterocycles. The Bertz CT molecular complexity index is 971. The van der Waals surface area contributed by atoms with Gasteiger partial charge in [-0.3, -0.25) is 9.59 Å². The summed E-state index contributed by atoms with van der Waals surface area (Å²) in [6, 6.07) is 13.2. The molecule has 1 atom stereocenters. The molecular formula is C21H19N3O2. The summed E-state index contributed by atoms with van der Waals surface area (Å²) < 4.78 is 0. The first-order valence-corrected chi connectivity index (χ1v) is 8.79. The number of Topliss-reactive ketones (excluding diaryl/α,β-unsaturated/α-hetero) is 1. The van der Waals surface area contributed by atoms with Crippen molar-refractivity contribution in [3.63, 3.8) is 0 Å². The predicted molar refractivity (Wildman–Crippen MR) is 100 cm³/mol. The molecule has 5 heteroatoms. The molecule has 1 N–H and O–H groups in total. The Morgan fingerprint density at radius 2 is 1.92 bits per heavy atom. The lowest BCUT2D eigenvalue weighted by molar-refractivity contribution is -0.114. The zero-order chi connectivity index (χ0) is 18.3. The lowest BCUT2D eigenvalue weighted by atomic mass is 10.0. The van der Waals surface area contributed by atoms with Crippen molar-refractivity contribution in [2.45, 2.75) is 32.7 Å². The molecule has 1 unspecified atom stereocenters. The molecule has 2 aromatic rings. The summed E-state index contributed by atoms with van der Waals surface area (Å²) >= 11 is 0. The summed E-state index contributed by atoms with van der Waals surface area (Å²) in [5, 5.41) is 11.4. The minimum Gasteiger partial charge on any atom is -0.326 e. The molecule has 1 aliphatic heterocycles. The minimum absolute atomic E-state index is 0.105. The van der Waals surface area contributed by atoms with Gasteiger partial charge in [-0.05, 0) is 23.6 Å². The minimum atomic E-state index is -0.378. The number of hydrogen-bond donors (Lipinski definition) is 1. The highest BCUT2D eigenvalue weighted by Crippen LogP contribution is 2.48. The van der Waals surface area contributed by atoms with Gasteiger partial charge in [0.25, 0.3) is 0 Å². The second-order valence-electron chi connectivity index (χ2n) is 6.61. The van der Waals surface area contributed by atoms with Crippen LogP contribution in [0.1, 0.15) is 53.4 Å². The smallest absolute Gasteiger partial charge is 0.221 e. The molecule has 0 saturated carbocycles. The Morgan fingerprint density at radius 1 is 1.15 bits per heavy atom. The van der Waals surface area contributed by atoms with Gasteiger partial charge >= 0.3 is 0 Å². The molecule has 1 heterocycles. The Hall–Kier alpha value is -3.08. The van der Waals surface area contributed by atoms with Crippen LogP contribution in [0, 0.1) is 0 Å². The quantitative estimate of drug-likeness (QED) is 0.871. The highest BCUT2D eigenvalue weighted by molar-refractivity contribution is 6.22. The van der Waals surface area contributed by atoms with Gasteiger partial charge in [0.05, 0.1) is 16.8 Å². The third kappa shape index (κ3) is 2.56. The van der Waals surface area contributed by atoms with Crippen LogP contribution in [0.3, 0.4) is 0 Å². The molecule has 0 spiro atoms. The summed E-state index contributed by atoms with van der Waals surface area (Å²) in [6.45, 7) is 3.58. The van der Waals surface area contributed by atoms with Crippen molar-refractivity contribution < 1.29 is 9.59 Å². The topological polar surface area (TPSA) is 70.9 Å². The molecule has 2 aliphatic rings.